The number of hydrazine groups is 1. The summed E-state index contributed by atoms with van der Waals surface area (Å²) in [5.74, 6) is 6.15. The van der Waals surface area contributed by atoms with Crippen LogP contribution in [-0.4, -0.2) is 24.3 Å². The molecule has 0 spiro atoms. The maximum atomic E-state index is 14.0. The zero-order valence-electron chi connectivity index (χ0n) is 23.1. The SMILES string of the molecule is C=C1Nc2cnn(C(F)F)c2-c2ccnc(c2)[C@@H](n2cnc(-c3cc(Cl)ccc3N(N)/C=C(\N)Cl)cc2=O)CCC[C@H]1C. The highest BCUT2D eigenvalue weighted by Gasteiger charge is 2.25. The third-order valence-electron chi connectivity index (χ3n) is 7.33. The van der Waals surface area contributed by atoms with Crippen LogP contribution in [0, 0.1) is 5.92 Å². The largest absolute Gasteiger partial charge is 0.388 e. The molecule has 0 radical (unpaired) electrons. The highest BCUT2D eigenvalue weighted by atomic mass is 35.5. The van der Waals surface area contributed by atoms with Gasteiger partial charge in [-0.05, 0) is 49.1 Å². The second-order valence-electron chi connectivity index (χ2n) is 10.2. The molecule has 5 N–H and O–H groups in total. The molecule has 2 bridgehead atoms. The summed E-state index contributed by atoms with van der Waals surface area (Å²) in [6.45, 7) is 3.26. The number of hydrogen-bond acceptors (Lipinski definition) is 8. The first-order valence-corrected chi connectivity index (χ1v) is 14.1. The Morgan fingerprint density at radius 1 is 1.23 bits per heavy atom. The van der Waals surface area contributed by atoms with Crippen LogP contribution in [0.2, 0.25) is 5.02 Å². The molecule has 0 amide bonds. The van der Waals surface area contributed by atoms with Gasteiger partial charge < -0.3 is 11.1 Å². The first-order valence-electron chi connectivity index (χ1n) is 13.4. The topological polar surface area (TPSA) is 133 Å². The van der Waals surface area contributed by atoms with Crippen LogP contribution >= 0.6 is 23.2 Å². The van der Waals surface area contributed by atoms with E-state index in [-0.39, 0.29) is 22.3 Å². The van der Waals surface area contributed by atoms with Gasteiger partial charge in [-0.3, -0.25) is 19.4 Å². The molecule has 0 saturated heterocycles. The summed E-state index contributed by atoms with van der Waals surface area (Å²) in [6.07, 6.45) is 7.64. The predicted octanol–water partition coefficient (Wildman–Crippen LogP) is 6.23. The summed E-state index contributed by atoms with van der Waals surface area (Å²) >= 11 is 12.1. The maximum absolute atomic E-state index is 14.0. The minimum Gasteiger partial charge on any atom is -0.388 e. The van der Waals surface area contributed by atoms with Crippen molar-refractivity contribution in [2.75, 3.05) is 10.3 Å². The molecule has 1 aliphatic rings. The Balaban J connectivity index is 1.61. The molecule has 224 valence electrons. The Bertz CT molecular complexity index is 1750. The van der Waals surface area contributed by atoms with Gasteiger partial charge in [-0.25, -0.2) is 15.5 Å². The number of nitrogens with two attached hydrogens (primary N) is 2. The Kier molecular flexibility index (Phi) is 8.81. The molecule has 1 aromatic carbocycles. The van der Waals surface area contributed by atoms with Gasteiger partial charge in [-0.2, -0.15) is 13.9 Å². The van der Waals surface area contributed by atoms with E-state index in [0.29, 0.717) is 55.7 Å². The number of rotatable bonds is 5. The predicted molar refractivity (Wildman–Crippen MR) is 164 cm³/mol. The minimum absolute atomic E-state index is 0.0166. The molecule has 0 aliphatic carbocycles. The number of anilines is 2. The van der Waals surface area contributed by atoms with E-state index < -0.39 is 12.6 Å². The van der Waals surface area contributed by atoms with Crippen molar-refractivity contribution in [3.05, 3.63) is 99.8 Å². The lowest BCUT2D eigenvalue weighted by molar-refractivity contribution is 0.0585. The highest BCUT2D eigenvalue weighted by molar-refractivity contribution is 6.31. The second-order valence-corrected chi connectivity index (χ2v) is 11.1. The molecule has 43 heavy (non-hydrogen) atoms. The van der Waals surface area contributed by atoms with E-state index in [1.165, 1.54) is 40.6 Å². The lowest BCUT2D eigenvalue weighted by atomic mass is 9.95. The zero-order chi connectivity index (χ0) is 30.8. The van der Waals surface area contributed by atoms with E-state index >= 15 is 0 Å². The Labute approximate surface area is 256 Å². The van der Waals surface area contributed by atoms with E-state index in [1.54, 1.807) is 30.3 Å². The highest BCUT2D eigenvalue weighted by Crippen LogP contribution is 2.36. The second kappa shape index (κ2) is 12.5. The minimum atomic E-state index is -2.87. The van der Waals surface area contributed by atoms with Gasteiger partial charge in [0.1, 0.15) is 5.16 Å². The molecule has 2 atom stereocenters. The van der Waals surface area contributed by atoms with E-state index in [1.807, 2.05) is 6.92 Å². The van der Waals surface area contributed by atoms with Gasteiger partial charge in [0.05, 0.1) is 53.2 Å². The van der Waals surface area contributed by atoms with E-state index in [0.717, 1.165) is 12.8 Å². The van der Waals surface area contributed by atoms with Crippen LogP contribution in [-0.2, 0) is 0 Å². The first kappa shape index (κ1) is 30.2. The van der Waals surface area contributed by atoms with Crippen LogP contribution in [0.5, 0.6) is 0 Å². The van der Waals surface area contributed by atoms with Gasteiger partial charge in [0.25, 0.3) is 5.56 Å². The molecule has 5 rings (SSSR count). The number of alkyl halides is 2. The third-order valence-corrected chi connectivity index (χ3v) is 7.66. The molecule has 4 aromatic rings. The number of aromatic nitrogens is 5. The number of halogens is 4. The lowest BCUT2D eigenvalue weighted by Crippen LogP contribution is -2.28. The fraction of sp³-hybridized carbons (Fsp3) is 0.241. The molecule has 0 unspecified atom stereocenters. The fourth-order valence-electron chi connectivity index (χ4n) is 5.12. The summed E-state index contributed by atoms with van der Waals surface area (Å²) in [6, 6.07) is 9.11. The molecule has 3 aromatic heterocycles. The van der Waals surface area contributed by atoms with Crippen molar-refractivity contribution in [3.63, 3.8) is 0 Å². The summed E-state index contributed by atoms with van der Waals surface area (Å²) in [5.41, 5.74) is 8.77. The van der Waals surface area contributed by atoms with E-state index in [2.05, 4.69) is 27.0 Å². The van der Waals surface area contributed by atoms with Gasteiger partial charge in [-0.1, -0.05) is 43.1 Å². The number of allylic oxidation sites excluding steroid dienone is 1. The summed E-state index contributed by atoms with van der Waals surface area (Å²) < 4.78 is 30.1. The molecule has 0 fully saturated rings. The molecular weight excluding hydrogens is 599 g/mol. The summed E-state index contributed by atoms with van der Waals surface area (Å²) in [7, 11) is 0. The monoisotopic (exact) mass is 627 g/mol. The van der Waals surface area contributed by atoms with Crippen molar-refractivity contribution >= 4 is 34.6 Å². The van der Waals surface area contributed by atoms with Crippen molar-refractivity contribution in [1.29, 1.82) is 0 Å². The Morgan fingerprint density at radius 3 is 2.74 bits per heavy atom. The van der Waals surface area contributed by atoms with Gasteiger partial charge in [0.15, 0.2) is 0 Å². The molecule has 10 nitrogen and oxygen atoms in total. The molecule has 0 saturated carbocycles. The van der Waals surface area contributed by atoms with Crippen LogP contribution in [0.15, 0.2) is 83.5 Å². The first-order chi connectivity index (χ1) is 20.5. The Morgan fingerprint density at radius 2 is 2.02 bits per heavy atom. The van der Waals surface area contributed by atoms with Gasteiger partial charge in [0.2, 0.25) is 0 Å². The van der Waals surface area contributed by atoms with Crippen LogP contribution in [0.25, 0.3) is 22.5 Å². The summed E-state index contributed by atoms with van der Waals surface area (Å²) in [5, 5.41) is 8.67. The van der Waals surface area contributed by atoms with Gasteiger partial charge in [-0.15, -0.1) is 0 Å². The van der Waals surface area contributed by atoms with E-state index in [4.69, 9.17) is 34.8 Å². The van der Waals surface area contributed by atoms with Crippen LogP contribution in [0.1, 0.15) is 44.5 Å². The van der Waals surface area contributed by atoms with Crippen molar-refractivity contribution in [2.24, 2.45) is 17.5 Å². The number of nitrogens with one attached hydrogen (secondary N) is 1. The fourth-order valence-corrected chi connectivity index (χ4v) is 5.39. The van der Waals surface area contributed by atoms with Crippen LogP contribution < -0.4 is 27.5 Å². The molecule has 1 aliphatic heterocycles. The number of fused-ring (bicyclic) bond motifs is 4. The Hall–Kier alpha value is -4.26. The summed E-state index contributed by atoms with van der Waals surface area (Å²) in [4.78, 5) is 22.8. The third kappa shape index (κ3) is 6.41. The lowest BCUT2D eigenvalue weighted by Gasteiger charge is -2.24. The van der Waals surface area contributed by atoms with Gasteiger partial charge in [0, 0.05) is 34.1 Å². The molecule has 14 heteroatoms. The van der Waals surface area contributed by atoms with Crippen LogP contribution in [0.4, 0.5) is 20.2 Å². The van der Waals surface area contributed by atoms with Crippen molar-refractivity contribution in [1.82, 2.24) is 24.3 Å². The van der Waals surface area contributed by atoms with Crippen molar-refractivity contribution in [2.45, 2.75) is 38.8 Å². The molecule has 4 heterocycles. The normalized spacial score (nSPS) is 17.6. The standard InChI is InChI=1S/C29H29Cl2F2N9O/c1-16-4-3-5-25(22-10-18(8-9-36-22)28-23(39-17(16)2)13-38-42(28)29(32)33)40-15-37-21(12-27(40)43)20-11-19(30)6-7-24(20)41(35)14-26(31)34/h6-16,25,29,39H,2-5,34-35H2,1H3/b26-14-/t16-,25+/m1/s1. The van der Waals surface area contributed by atoms with Crippen molar-refractivity contribution in [3.8, 4) is 22.5 Å². The number of pyridine rings is 1. The van der Waals surface area contributed by atoms with Crippen LogP contribution in [0.3, 0.4) is 0 Å². The van der Waals surface area contributed by atoms with Gasteiger partial charge >= 0.3 is 6.55 Å². The number of nitrogens with zero attached hydrogens (tertiary/aromatic N) is 6. The average molecular weight is 629 g/mol. The molecular formula is C29H29Cl2F2N9O. The smallest absolute Gasteiger partial charge is 0.333 e. The zero-order valence-corrected chi connectivity index (χ0v) is 24.6. The quantitative estimate of drug-likeness (QED) is 0.135. The number of hydrogen-bond donors (Lipinski definition) is 3. The number of benzene rings is 1. The van der Waals surface area contributed by atoms with E-state index in [9.17, 15) is 13.6 Å². The van der Waals surface area contributed by atoms with Crippen molar-refractivity contribution < 1.29 is 8.78 Å². The average Bonchev–Trinajstić information content (AvgIpc) is 3.38. The maximum Gasteiger partial charge on any atom is 0.333 e.